The van der Waals surface area contributed by atoms with E-state index in [2.05, 4.69) is 71.3 Å². The second kappa shape index (κ2) is 10.6. The van der Waals surface area contributed by atoms with Crippen molar-refractivity contribution in [1.29, 1.82) is 0 Å². The number of hydrogen-bond acceptors (Lipinski definition) is 4. The van der Waals surface area contributed by atoms with Crippen LogP contribution in [0.25, 0.3) is 0 Å². The van der Waals surface area contributed by atoms with Gasteiger partial charge in [-0.3, -0.25) is 4.90 Å². The van der Waals surface area contributed by atoms with Crippen molar-refractivity contribution in [2.45, 2.75) is 19.1 Å². The molecule has 0 bridgehead atoms. The molecule has 0 spiro atoms. The fourth-order valence-corrected chi connectivity index (χ4v) is 4.26. The molecule has 1 saturated heterocycles. The molecule has 1 N–H and O–H groups in total. The summed E-state index contributed by atoms with van der Waals surface area (Å²) in [6, 6.07) is 29.1. The van der Waals surface area contributed by atoms with Gasteiger partial charge in [0.2, 0.25) is 0 Å². The SMILES string of the molecule is Cc1ccccc1C(OCC(O)CN1CCN(c2ccccc2)CC1)c1ccccc1. The van der Waals surface area contributed by atoms with Crippen molar-refractivity contribution in [1.82, 2.24) is 4.90 Å². The molecule has 0 aromatic heterocycles. The molecule has 31 heavy (non-hydrogen) atoms. The van der Waals surface area contributed by atoms with Crippen LogP contribution in [-0.2, 0) is 4.74 Å². The first-order chi connectivity index (χ1) is 15.2. The Labute approximate surface area is 185 Å². The van der Waals surface area contributed by atoms with Gasteiger partial charge in [0.25, 0.3) is 0 Å². The van der Waals surface area contributed by atoms with Gasteiger partial charge in [0.15, 0.2) is 0 Å². The number of aliphatic hydroxyl groups excluding tert-OH is 1. The molecule has 0 radical (unpaired) electrons. The monoisotopic (exact) mass is 416 g/mol. The van der Waals surface area contributed by atoms with Gasteiger partial charge < -0.3 is 14.7 Å². The lowest BCUT2D eigenvalue weighted by Gasteiger charge is -2.37. The fraction of sp³-hybridized carbons (Fsp3) is 0.333. The minimum atomic E-state index is -0.515. The van der Waals surface area contributed by atoms with E-state index in [1.807, 2.05) is 30.3 Å². The molecule has 1 fully saturated rings. The summed E-state index contributed by atoms with van der Waals surface area (Å²) in [5, 5.41) is 10.7. The van der Waals surface area contributed by atoms with Crippen LogP contribution < -0.4 is 4.90 Å². The maximum Gasteiger partial charge on any atom is 0.108 e. The molecule has 4 rings (SSSR count). The summed E-state index contributed by atoms with van der Waals surface area (Å²) < 4.78 is 6.30. The summed E-state index contributed by atoms with van der Waals surface area (Å²) in [5.74, 6) is 0. The van der Waals surface area contributed by atoms with Gasteiger partial charge in [-0.05, 0) is 35.7 Å². The highest BCUT2D eigenvalue weighted by molar-refractivity contribution is 5.46. The second-order valence-corrected chi connectivity index (χ2v) is 8.26. The molecule has 1 heterocycles. The smallest absolute Gasteiger partial charge is 0.108 e. The third-order valence-corrected chi connectivity index (χ3v) is 5.99. The van der Waals surface area contributed by atoms with Crippen LogP contribution in [0.15, 0.2) is 84.9 Å². The fourth-order valence-electron chi connectivity index (χ4n) is 4.26. The predicted molar refractivity (Wildman–Crippen MR) is 127 cm³/mol. The number of para-hydroxylation sites is 1. The highest BCUT2D eigenvalue weighted by atomic mass is 16.5. The first-order valence-corrected chi connectivity index (χ1v) is 11.1. The molecule has 2 atom stereocenters. The van der Waals surface area contributed by atoms with Crippen molar-refractivity contribution in [3.63, 3.8) is 0 Å². The Kier molecular flexibility index (Phi) is 7.36. The van der Waals surface area contributed by atoms with Crippen molar-refractivity contribution in [3.05, 3.63) is 102 Å². The number of benzene rings is 3. The molecular formula is C27H32N2O2. The highest BCUT2D eigenvalue weighted by Crippen LogP contribution is 2.28. The van der Waals surface area contributed by atoms with E-state index < -0.39 is 6.10 Å². The van der Waals surface area contributed by atoms with Crippen molar-refractivity contribution in [2.24, 2.45) is 0 Å². The summed E-state index contributed by atoms with van der Waals surface area (Å²) in [7, 11) is 0. The number of aryl methyl sites for hydroxylation is 1. The van der Waals surface area contributed by atoms with Gasteiger partial charge >= 0.3 is 0 Å². The number of nitrogens with zero attached hydrogens (tertiary/aromatic N) is 2. The van der Waals surface area contributed by atoms with Crippen molar-refractivity contribution < 1.29 is 9.84 Å². The quantitative estimate of drug-likeness (QED) is 0.594. The molecule has 1 aliphatic rings. The van der Waals surface area contributed by atoms with E-state index in [1.165, 1.54) is 11.3 Å². The number of anilines is 1. The van der Waals surface area contributed by atoms with Crippen LogP contribution in [0.2, 0.25) is 0 Å². The van der Waals surface area contributed by atoms with Gasteiger partial charge in [0.1, 0.15) is 6.10 Å². The number of β-amino-alcohol motifs (C(OH)–C–C–N with tert-alkyl or cyclic N) is 1. The predicted octanol–water partition coefficient (Wildman–Crippen LogP) is 4.28. The van der Waals surface area contributed by atoms with Crippen molar-refractivity contribution in [2.75, 3.05) is 44.2 Å². The largest absolute Gasteiger partial charge is 0.389 e. The zero-order valence-electron chi connectivity index (χ0n) is 18.2. The van der Waals surface area contributed by atoms with Gasteiger partial charge in [0, 0.05) is 38.4 Å². The van der Waals surface area contributed by atoms with E-state index in [9.17, 15) is 5.11 Å². The first-order valence-electron chi connectivity index (χ1n) is 11.1. The van der Waals surface area contributed by atoms with E-state index in [1.54, 1.807) is 0 Å². The zero-order valence-corrected chi connectivity index (χ0v) is 18.2. The Balaban J connectivity index is 1.32. The molecule has 1 aliphatic heterocycles. The Morgan fingerprint density at radius 1 is 0.806 bits per heavy atom. The Morgan fingerprint density at radius 2 is 1.42 bits per heavy atom. The maximum atomic E-state index is 10.7. The summed E-state index contributed by atoms with van der Waals surface area (Å²) in [4.78, 5) is 4.74. The number of ether oxygens (including phenoxy) is 1. The maximum absolute atomic E-state index is 10.7. The van der Waals surface area contributed by atoms with Crippen LogP contribution in [0.1, 0.15) is 22.8 Å². The lowest BCUT2D eigenvalue weighted by molar-refractivity contribution is -0.00911. The van der Waals surface area contributed by atoms with Crippen LogP contribution in [0.3, 0.4) is 0 Å². The number of hydrogen-bond donors (Lipinski definition) is 1. The van der Waals surface area contributed by atoms with Gasteiger partial charge in [-0.1, -0.05) is 72.8 Å². The van der Waals surface area contributed by atoms with E-state index >= 15 is 0 Å². The average Bonchev–Trinajstić information content (AvgIpc) is 2.82. The summed E-state index contributed by atoms with van der Waals surface area (Å²) in [6.07, 6.45) is -0.689. The highest BCUT2D eigenvalue weighted by Gasteiger charge is 2.22. The van der Waals surface area contributed by atoms with Crippen LogP contribution in [-0.4, -0.2) is 55.4 Å². The normalized spacial score (nSPS) is 16.8. The number of aliphatic hydroxyl groups is 1. The summed E-state index contributed by atoms with van der Waals surface area (Å²) in [5.41, 5.74) is 4.73. The van der Waals surface area contributed by atoms with Crippen LogP contribution in [0, 0.1) is 6.92 Å². The lowest BCUT2D eigenvalue weighted by Crippen LogP contribution is -2.49. The number of rotatable bonds is 8. The molecule has 0 aliphatic carbocycles. The first kappa shape index (κ1) is 21.6. The van der Waals surface area contributed by atoms with E-state index in [-0.39, 0.29) is 6.10 Å². The molecule has 162 valence electrons. The standard InChI is InChI=1S/C27H32N2O2/c1-22-10-8-9-15-26(22)27(23-11-4-2-5-12-23)31-21-25(30)20-28-16-18-29(19-17-28)24-13-6-3-7-14-24/h2-15,25,27,30H,16-21H2,1H3. The summed E-state index contributed by atoms with van der Waals surface area (Å²) in [6.45, 7) is 6.92. The molecule has 4 heteroatoms. The topological polar surface area (TPSA) is 35.9 Å². The summed E-state index contributed by atoms with van der Waals surface area (Å²) >= 11 is 0. The molecule has 0 amide bonds. The minimum absolute atomic E-state index is 0.174. The van der Waals surface area contributed by atoms with E-state index in [4.69, 9.17) is 4.74 Å². The molecule has 3 aromatic rings. The Hall–Kier alpha value is -2.66. The Bertz CT molecular complexity index is 924. The van der Waals surface area contributed by atoms with Gasteiger partial charge in [-0.25, -0.2) is 0 Å². The second-order valence-electron chi connectivity index (χ2n) is 8.26. The van der Waals surface area contributed by atoms with E-state index in [0.717, 1.165) is 37.3 Å². The van der Waals surface area contributed by atoms with E-state index in [0.29, 0.717) is 13.2 Å². The van der Waals surface area contributed by atoms with Crippen molar-refractivity contribution in [3.8, 4) is 0 Å². The third kappa shape index (κ3) is 5.73. The molecule has 4 nitrogen and oxygen atoms in total. The van der Waals surface area contributed by atoms with Crippen LogP contribution >= 0.6 is 0 Å². The third-order valence-electron chi connectivity index (χ3n) is 5.99. The average molecular weight is 417 g/mol. The van der Waals surface area contributed by atoms with Gasteiger partial charge in [0.05, 0.1) is 12.7 Å². The van der Waals surface area contributed by atoms with Crippen LogP contribution in [0.4, 0.5) is 5.69 Å². The molecule has 2 unspecified atom stereocenters. The molecule has 0 saturated carbocycles. The number of piperazine rings is 1. The zero-order chi connectivity index (χ0) is 21.5. The molecule has 3 aromatic carbocycles. The molecular weight excluding hydrogens is 384 g/mol. The van der Waals surface area contributed by atoms with Crippen LogP contribution in [0.5, 0.6) is 0 Å². The Morgan fingerprint density at radius 3 is 2.10 bits per heavy atom. The van der Waals surface area contributed by atoms with Gasteiger partial charge in [-0.2, -0.15) is 0 Å². The van der Waals surface area contributed by atoms with Crippen molar-refractivity contribution >= 4 is 5.69 Å². The van der Waals surface area contributed by atoms with Gasteiger partial charge in [-0.15, -0.1) is 0 Å². The lowest BCUT2D eigenvalue weighted by atomic mass is 9.97. The minimum Gasteiger partial charge on any atom is -0.389 e.